The number of hydrogen-bond acceptors (Lipinski definition) is 1. The van der Waals surface area contributed by atoms with E-state index in [9.17, 15) is 4.79 Å². The third-order valence-electron chi connectivity index (χ3n) is 7.22. The molecule has 0 aromatic carbocycles. The normalized spacial score (nSPS) is 35.8. The molecule has 0 radical (unpaired) electrons. The molecule has 2 heteroatoms. The number of fused-ring (bicyclic) bond motifs is 2. The summed E-state index contributed by atoms with van der Waals surface area (Å²) in [6.45, 7) is 2.66. The Kier molecular flexibility index (Phi) is 4.74. The molecule has 5 atom stereocenters. The molecule has 1 heterocycles. The van der Waals surface area contributed by atoms with Gasteiger partial charge in [-0.2, -0.15) is 4.57 Å². The van der Waals surface area contributed by atoms with E-state index in [2.05, 4.69) is 23.8 Å². The van der Waals surface area contributed by atoms with Crippen LogP contribution in [0.4, 0.5) is 0 Å². The maximum atomic E-state index is 12.8. The molecule has 3 fully saturated rings. The molecule has 130 valence electrons. The molecule has 4 rings (SSSR count). The van der Waals surface area contributed by atoms with E-state index in [-0.39, 0.29) is 0 Å². The summed E-state index contributed by atoms with van der Waals surface area (Å²) in [5.41, 5.74) is 1.23. The monoisotopic (exact) mass is 326 g/mol. The molecule has 0 spiro atoms. The van der Waals surface area contributed by atoms with Crippen molar-refractivity contribution in [1.29, 1.82) is 0 Å². The largest absolute Gasteiger partial charge is 0.292 e. The zero-order valence-electron chi connectivity index (χ0n) is 15.1. The summed E-state index contributed by atoms with van der Waals surface area (Å²) in [6, 6.07) is 4.14. The van der Waals surface area contributed by atoms with Crippen LogP contribution in [-0.2, 0) is 11.3 Å². The van der Waals surface area contributed by atoms with E-state index >= 15 is 0 Å². The second kappa shape index (κ2) is 6.98. The van der Waals surface area contributed by atoms with E-state index in [0.29, 0.717) is 18.2 Å². The van der Waals surface area contributed by atoms with Crippen LogP contribution in [0.25, 0.3) is 0 Å². The molecule has 0 aliphatic heterocycles. The minimum atomic E-state index is 0.319. The number of nitrogens with zero attached hydrogens (tertiary/aromatic N) is 1. The van der Waals surface area contributed by atoms with Gasteiger partial charge in [-0.15, -0.1) is 0 Å². The molecule has 3 aliphatic rings. The van der Waals surface area contributed by atoms with Crippen molar-refractivity contribution >= 4 is 5.78 Å². The van der Waals surface area contributed by atoms with Gasteiger partial charge in [-0.1, -0.05) is 25.7 Å². The smallest absolute Gasteiger partial charge is 0.206 e. The third kappa shape index (κ3) is 3.43. The van der Waals surface area contributed by atoms with Gasteiger partial charge in [0.05, 0.1) is 0 Å². The molecule has 0 amide bonds. The molecule has 0 saturated heterocycles. The highest BCUT2D eigenvalue weighted by atomic mass is 16.1. The number of rotatable bonds is 3. The van der Waals surface area contributed by atoms with Crippen LogP contribution in [-0.4, -0.2) is 5.78 Å². The molecule has 24 heavy (non-hydrogen) atoms. The number of pyridine rings is 1. The van der Waals surface area contributed by atoms with Crippen molar-refractivity contribution < 1.29 is 9.36 Å². The average Bonchev–Trinajstić information content (AvgIpc) is 2.59. The molecule has 2 nitrogen and oxygen atoms in total. The van der Waals surface area contributed by atoms with Crippen molar-refractivity contribution in [2.45, 2.75) is 71.3 Å². The van der Waals surface area contributed by atoms with Crippen LogP contribution >= 0.6 is 0 Å². The third-order valence-corrected chi connectivity index (χ3v) is 7.22. The quantitative estimate of drug-likeness (QED) is 0.750. The van der Waals surface area contributed by atoms with Gasteiger partial charge in [-0.3, -0.25) is 4.79 Å². The lowest BCUT2D eigenvalue weighted by Gasteiger charge is -2.47. The minimum absolute atomic E-state index is 0.319. The van der Waals surface area contributed by atoms with Crippen LogP contribution in [0.2, 0.25) is 0 Å². The van der Waals surface area contributed by atoms with E-state index in [0.717, 1.165) is 30.1 Å². The first-order chi connectivity index (χ1) is 11.7. The van der Waals surface area contributed by atoms with Gasteiger partial charge in [-0.25, -0.2) is 0 Å². The maximum absolute atomic E-state index is 12.8. The van der Waals surface area contributed by atoms with Crippen molar-refractivity contribution in [2.75, 3.05) is 0 Å². The topological polar surface area (TPSA) is 20.9 Å². The zero-order chi connectivity index (χ0) is 16.5. The average molecular weight is 327 g/mol. The van der Waals surface area contributed by atoms with Gasteiger partial charge in [-0.05, 0) is 68.8 Å². The highest BCUT2D eigenvalue weighted by molar-refractivity contribution is 5.79. The van der Waals surface area contributed by atoms with Crippen molar-refractivity contribution in [1.82, 2.24) is 0 Å². The summed E-state index contributed by atoms with van der Waals surface area (Å²) in [7, 11) is 0. The molecule has 1 aromatic heterocycles. The Morgan fingerprint density at radius 3 is 2.46 bits per heavy atom. The van der Waals surface area contributed by atoms with Crippen LogP contribution in [0.5, 0.6) is 0 Å². The number of aryl methyl sites for hydroxylation is 1. The van der Waals surface area contributed by atoms with Crippen molar-refractivity contribution in [3.8, 4) is 0 Å². The molecular formula is C22H32NO+. The fourth-order valence-electron chi connectivity index (χ4n) is 5.96. The number of carbonyl (C=O) groups is 1. The lowest BCUT2D eigenvalue weighted by Crippen LogP contribution is -2.43. The Morgan fingerprint density at radius 2 is 1.71 bits per heavy atom. The predicted molar refractivity (Wildman–Crippen MR) is 95.4 cm³/mol. The second-order valence-electron chi connectivity index (χ2n) is 8.83. The van der Waals surface area contributed by atoms with Crippen molar-refractivity contribution in [2.24, 2.45) is 29.6 Å². The highest BCUT2D eigenvalue weighted by Crippen LogP contribution is 2.51. The summed E-state index contributed by atoms with van der Waals surface area (Å²) in [6.07, 6.45) is 16.5. The van der Waals surface area contributed by atoms with Crippen LogP contribution in [0.1, 0.15) is 63.4 Å². The van der Waals surface area contributed by atoms with Gasteiger partial charge in [0, 0.05) is 17.5 Å². The molecule has 1 aromatic rings. The first-order valence-electron chi connectivity index (χ1n) is 10.2. The summed E-state index contributed by atoms with van der Waals surface area (Å²) in [5, 5.41) is 0. The molecular weight excluding hydrogens is 294 g/mol. The maximum Gasteiger partial charge on any atom is 0.206 e. The summed E-state index contributed by atoms with van der Waals surface area (Å²) >= 11 is 0. The highest BCUT2D eigenvalue weighted by Gasteiger charge is 2.42. The molecule has 0 N–H and O–H groups in total. The molecule has 3 aliphatic carbocycles. The molecule has 0 bridgehead atoms. The molecule has 5 unspecified atom stereocenters. The Labute approximate surface area is 146 Å². The minimum Gasteiger partial charge on any atom is -0.292 e. The van der Waals surface area contributed by atoms with E-state index in [1.807, 2.05) is 12.3 Å². The SMILES string of the molecule is Cc1ccc[n+](CC(=O)C2CCC3CC4CCCCC4CC3C2)c1. The van der Waals surface area contributed by atoms with Gasteiger partial charge < -0.3 is 0 Å². The first-order valence-corrected chi connectivity index (χ1v) is 10.2. The Balaban J connectivity index is 1.37. The van der Waals surface area contributed by atoms with Gasteiger partial charge in [0.25, 0.3) is 0 Å². The van der Waals surface area contributed by atoms with E-state index in [4.69, 9.17) is 0 Å². The number of Topliss-reactive ketones (excluding diaryl/α,β-unsaturated/α-hetero) is 1. The lowest BCUT2D eigenvalue weighted by molar-refractivity contribution is -0.684. The Bertz CT molecular complexity index is 595. The summed E-state index contributed by atoms with van der Waals surface area (Å²) < 4.78 is 2.07. The predicted octanol–water partition coefficient (Wildman–Crippen LogP) is 4.48. The van der Waals surface area contributed by atoms with E-state index < -0.39 is 0 Å². The first kappa shape index (κ1) is 16.3. The van der Waals surface area contributed by atoms with Crippen LogP contribution in [0.3, 0.4) is 0 Å². The number of aromatic nitrogens is 1. The summed E-state index contributed by atoms with van der Waals surface area (Å²) in [5.74, 6) is 4.57. The number of carbonyl (C=O) groups excluding carboxylic acids is 1. The summed E-state index contributed by atoms with van der Waals surface area (Å²) in [4.78, 5) is 12.8. The second-order valence-corrected chi connectivity index (χ2v) is 8.83. The van der Waals surface area contributed by atoms with Crippen molar-refractivity contribution in [3.05, 3.63) is 30.1 Å². The standard InChI is InChI=1S/C22H32NO/c1-16-5-4-10-23(14-16)15-22(24)20-9-8-19-11-17-6-2-3-7-18(17)12-21(19)13-20/h4-5,10,14,17-21H,2-3,6-9,11-13,15H2,1H3/q+1. The van der Waals surface area contributed by atoms with Gasteiger partial charge >= 0.3 is 0 Å². The lowest BCUT2D eigenvalue weighted by atomic mass is 9.58. The van der Waals surface area contributed by atoms with Gasteiger partial charge in [0.2, 0.25) is 12.3 Å². The van der Waals surface area contributed by atoms with Crippen molar-refractivity contribution in [3.63, 3.8) is 0 Å². The fourth-order valence-corrected chi connectivity index (χ4v) is 5.96. The van der Waals surface area contributed by atoms with Gasteiger partial charge in [0.1, 0.15) is 0 Å². The zero-order valence-corrected chi connectivity index (χ0v) is 15.1. The van der Waals surface area contributed by atoms with E-state index in [1.165, 1.54) is 56.9 Å². The Hall–Kier alpha value is -1.18. The van der Waals surface area contributed by atoms with E-state index in [1.54, 1.807) is 0 Å². The number of ketones is 1. The van der Waals surface area contributed by atoms with Crippen LogP contribution in [0.15, 0.2) is 24.5 Å². The molecule has 3 saturated carbocycles. The van der Waals surface area contributed by atoms with Crippen LogP contribution in [0, 0.1) is 36.5 Å². The Morgan fingerprint density at radius 1 is 1.00 bits per heavy atom. The number of hydrogen-bond donors (Lipinski definition) is 0. The van der Waals surface area contributed by atoms with Crippen LogP contribution < -0.4 is 4.57 Å². The van der Waals surface area contributed by atoms with Gasteiger partial charge in [0.15, 0.2) is 12.4 Å². The fraction of sp³-hybridized carbons (Fsp3) is 0.727.